The first-order valence-electron chi connectivity index (χ1n) is 7.79. The minimum absolute atomic E-state index is 0.608. The molecule has 116 valence electrons. The molecule has 22 heavy (non-hydrogen) atoms. The van der Waals surface area contributed by atoms with E-state index in [1.807, 2.05) is 7.05 Å². The van der Waals surface area contributed by atoms with E-state index in [2.05, 4.69) is 76.5 Å². The second kappa shape index (κ2) is 6.26. The fourth-order valence-corrected chi connectivity index (χ4v) is 3.12. The van der Waals surface area contributed by atoms with E-state index in [0.717, 1.165) is 19.0 Å². The fraction of sp³-hybridized carbons (Fsp3) is 0.389. The quantitative estimate of drug-likeness (QED) is 0.694. The van der Waals surface area contributed by atoms with Gasteiger partial charge in [0.2, 0.25) is 0 Å². The van der Waals surface area contributed by atoms with Crippen LogP contribution < -0.4 is 5.32 Å². The number of aryl methyl sites for hydroxylation is 1. The maximum absolute atomic E-state index is 4.41. The Kier molecular flexibility index (Phi) is 4.18. The Labute approximate surface area is 132 Å². The highest BCUT2D eigenvalue weighted by molar-refractivity contribution is 5.79. The smallest absolute Gasteiger partial charge is 0.193 e. The third kappa shape index (κ3) is 2.86. The summed E-state index contributed by atoms with van der Waals surface area (Å²) in [7, 11) is 6.00. The molecule has 0 amide bonds. The van der Waals surface area contributed by atoms with E-state index in [1.54, 1.807) is 0 Å². The zero-order valence-electron chi connectivity index (χ0n) is 13.6. The lowest BCUT2D eigenvalue weighted by molar-refractivity contribution is 0.454. The lowest BCUT2D eigenvalue weighted by Gasteiger charge is -2.32. The molecule has 0 aliphatic heterocycles. The van der Waals surface area contributed by atoms with Crippen molar-refractivity contribution in [1.29, 1.82) is 0 Å². The van der Waals surface area contributed by atoms with Crippen LogP contribution in [0, 0.1) is 0 Å². The minimum atomic E-state index is 0.608. The maximum atomic E-state index is 4.41. The molecule has 0 fully saturated rings. The summed E-state index contributed by atoms with van der Waals surface area (Å²) < 4.78 is 2.14. The third-order valence-electron chi connectivity index (χ3n) is 4.49. The number of hydrogen-bond donors (Lipinski definition) is 1. The molecule has 4 heteroatoms. The van der Waals surface area contributed by atoms with Gasteiger partial charge in [-0.25, -0.2) is 0 Å². The second-order valence-corrected chi connectivity index (χ2v) is 5.99. The van der Waals surface area contributed by atoms with Crippen LogP contribution in [0.5, 0.6) is 0 Å². The molecule has 1 N–H and O–H groups in total. The number of nitrogens with zero attached hydrogens (tertiary/aromatic N) is 3. The van der Waals surface area contributed by atoms with Gasteiger partial charge in [0.15, 0.2) is 5.96 Å². The summed E-state index contributed by atoms with van der Waals surface area (Å²) in [4.78, 5) is 6.57. The number of rotatable bonds is 4. The van der Waals surface area contributed by atoms with Crippen LogP contribution in [0.3, 0.4) is 0 Å². The average Bonchev–Trinajstić information content (AvgIpc) is 2.89. The Hall–Kier alpha value is -2.23. The van der Waals surface area contributed by atoms with Crippen molar-refractivity contribution in [1.82, 2.24) is 14.8 Å². The Morgan fingerprint density at radius 3 is 2.82 bits per heavy atom. The summed E-state index contributed by atoms with van der Waals surface area (Å²) in [6.45, 7) is 1.80. The van der Waals surface area contributed by atoms with Gasteiger partial charge >= 0.3 is 0 Å². The molecule has 1 heterocycles. The van der Waals surface area contributed by atoms with Crippen LogP contribution in [0.1, 0.15) is 22.7 Å². The molecule has 1 aliphatic rings. The molecule has 0 saturated carbocycles. The molecule has 1 aromatic heterocycles. The predicted octanol–water partition coefficient (Wildman–Crippen LogP) is 2.37. The van der Waals surface area contributed by atoms with Crippen molar-refractivity contribution in [3.05, 3.63) is 59.4 Å². The number of fused-ring (bicyclic) bond motifs is 1. The van der Waals surface area contributed by atoms with E-state index in [9.17, 15) is 0 Å². The molecule has 4 nitrogen and oxygen atoms in total. The van der Waals surface area contributed by atoms with Gasteiger partial charge in [0.05, 0.1) is 6.54 Å². The number of guanidine groups is 1. The highest BCUT2D eigenvalue weighted by atomic mass is 15.3. The summed E-state index contributed by atoms with van der Waals surface area (Å²) >= 11 is 0. The van der Waals surface area contributed by atoms with Crippen molar-refractivity contribution in [2.45, 2.75) is 18.9 Å². The van der Waals surface area contributed by atoms with Crippen molar-refractivity contribution in [2.75, 3.05) is 20.6 Å². The fourth-order valence-electron chi connectivity index (χ4n) is 3.12. The van der Waals surface area contributed by atoms with Crippen molar-refractivity contribution < 1.29 is 0 Å². The van der Waals surface area contributed by atoms with E-state index >= 15 is 0 Å². The van der Waals surface area contributed by atoms with Gasteiger partial charge in [-0.05, 0) is 29.7 Å². The first-order chi connectivity index (χ1) is 10.7. The lowest BCUT2D eigenvalue weighted by atomic mass is 9.78. The number of nitrogens with one attached hydrogen (secondary N) is 1. The van der Waals surface area contributed by atoms with Crippen LogP contribution in [-0.2, 0) is 20.0 Å². The molecule has 1 aliphatic carbocycles. The molecule has 2 aromatic rings. The van der Waals surface area contributed by atoms with E-state index in [1.165, 1.54) is 23.2 Å². The first kappa shape index (κ1) is 14.7. The summed E-state index contributed by atoms with van der Waals surface area (Å²) in [5, 5.41) is 3.51. The lowest BCUT2D eigenvalue weighted by Crippen LogP contribution is -2.42. The minimum Gasteiger partial charge on any atom is -0.356 e. The first-order valence-corrected chi connectivity index (χ1v) is 7.79. The van der Waals surface area contributed by atoms with Crippen LogP contribution >= 0.6 is 0 Å². The Bertz CT molecular complexity index is 671. The molecule has 0 spiro atoms. The summed E-state index contributed by atoms with van der Waals surface area (Å²) in [5.74, 6) is 1.56. The Morgan fingerprint density at radius 1 is 1.32 bits per heavy atom. The topological polar surface area (TPSA) is 32.6 Å². The molecule has 0 radical (unpaired) electrons. The van der Waals surface area contributed by atoms with Gasteiger partial charge in [0.1, 0.15) is 0 Å². The predicted molar refractivity (Wildman–Crippen MR) is 91.1 cm³/mol. The summed E-state index contributed by atoms with van der Waals surface area (Å²) in [5.41, 5.74) is 4.25. The number of aromatic nitrogens is 1. The zero-order valence-corrected chi connectivity index (χ0v) is 13.6. The van der Waals surface area contributed by atoms with E-state index in [4.69, 9.17) is 0 Å². The number of aliphatic imine (C=N–C) groups is 1. The molecular formula is C18H24N4. The van der Waals surface area contributed by atoms with E-state index in [0.29, 0.717) is 5.92 Å². The molecule has 1 unspecified atom stereocenters. The van der Waals surface area contributed by atoms with Gasteiger partial charge in [-0.1, -0.05) is 24.3 Å². The summed E-state index contributed by atoms with van der Waals surface area (Å²) in [6.07, 6.45) is 3.24. The van der Waals surface area contributed by atoms with E-state index in [-0.39, 0.29) is 0 Å². The number of hydrogen-bond acceptors (Lipinski definition) is 1. The van der Waals surface area contributed by atoms with Gasteiger partial charge in [-0.3, -0.25) is 4.99 Å². The molecule has 3 rings (SSSR count). The summed E-state index contributed by atoms with van der Waals surface area (Å²) in [6, 6.07) is 12.9. The largest absolute Gasteiger partial charge is 0.356 e. The normalized spacial score (nSPS) is 16.9. The maximum Gasteiger partial charge on any atom is 0.193 e. The molecule has 0 bridgehead atoms. The van der Waals surface area contributed by atoms with Crippen LogP contribution in [0.2, 0.25) is 0 Å². The highest BCUT2D eigenvalue weighted by Crippen LogP contribution is 2.33. The number of benzene rings is 1. The average molecular weight is 296 g/mol. The second-order valence-electron chi connectivity index (χ2n) is 5.99. The molecular weight excluding hydrogens is 272 g/mol. The van der Waals surface area contributed by atoms with Gasteiger partial charge in [-0.15, -0.1) is 0 Å². The van der Waals surface area contributed by atoms with Gasteiger partial charge in [0.25, 0.3) is 0 Å². The molecule has 0 saturated heterocycles. The van der Waals surface area contributed by atoms with Crippen molar-refractivity contribution >= 4 is 5.96 Å². The van der Waals surface area contributed by atoms with Crippen molar-refractivity contribution in [3.8, 4) is 0 Å². The zero-order chi connectivity index (χ0) is 15.5. The standard InChI is InChI=1S/C18H24N4/c1-19-18(22(3)13-16-8-6-10-21(16)2)20-12-15-11-14-7-4-5-9-17(14)15/h4-10,15H,11-13H2,1-3H3,(H,19,20). The highest BCUT2D eigenvalue weighted by Gasteiger charge is 2.25. The Morgan fingerprint density at radius 2 is 2.14 bits per heavy atom. The SMILES string of the molecule is CN=C(NCC1Cc2ccccc21)N(C)Cc1cccn1C. The van der Waals surface area contributed by atoms with Crippen LogP contribution in [0.4, 0.5) is 0 Å². The van der Waals surface area contributed by atoms with Gasteiger partial charge in [0, 0.05) is 45.5 Å². The van der Waals surface area contributed by atoms with Gasteiger partial charge in [-0.2, -0.15) is 0 Å². The van der Waals surface area contributed by atoms with Crippen LogP contribution in [0.25, 0.3) is 0 Å². The van der Waals surface area contributed by atoms with Crippen LogP contribution in [0.15, 0.2) is 47.6 Å². The van der Waals surface area contributed by atoms with Gasteiger partial charge < -0.3 is 14.8 Å². The van der Waals surface area contributed by atoms with Crippen molar-refractivity contribution in [3.63, 3.8) is 0 Å². The van der Waals surface area contributed by atoms with Crippen LogP contribution in [-0.4, -0.2) is 36.1 Å². The van der Waals surface area contributed by atoms with Crippen molar-refractivity contribution in [2.24, 2.45) is 12.0 Å². The molecule has 1 aromatic carbocycles. The third-order valence-corrected chi connectivity index (χ3v) is 4.49. The monoisotopic (exact) mass is 296 g/mol. The van der Waals surface area contributed by atoms with E-state index < -0.39 is 0 Å². The molecule has 1 atom stereocenters. The Balaban J connectivity index is 1.56.